The Bertz CT molecular complexity index is 236. The SMILES string of the molecule is Cl.NC(=O)c1[nH]cnc1O.O. The maximum atomic E-state index is 10.3. The summed E-state index contributed by atoms with van der Waals surface area (Å²) >= 11 is 0. The molecule has 0 radical (unpaired) electrons. The lowest BCUT2D eigenvalue weighted by Gasteiger charge is -1.85. The topological polar surface area (TPSA) is 124 Å². The summed E-state index contributed by atoms with van der Waals surface area (Å²) in [6.07, 6.45) is 1.19. The molecule has 0 atom stereocenters. The lowest BCUT2D eigenvalue weighted by atomic mass is 10.4. The summed E-state index contributed by atoms with van der Waals surface area (Å²) < 4.78 is 0. The van der Waals surface area contributed by atoms with Crippen molar-refractivity contribution in [2.75, 3.05) is 0 Å². The predicted molar refractivity (Wildman–Crippen MR) is 39.6 cm³/mol. The number of hydrogen-bond acceptors (Lipinski definition) is 3. The van der Waals surface area contributed by atoms with Crippen LogP contribution in [0.1, 0.15) is 10.5 Å². The molecule has 0 spiro atoms. The Kier molecular flexibility index (Phi) is 5.11. The lowest BCUT2D eigenvalue weighted by molar-refractivity contribution is 0.0993. The van der Waals surface area contributed by atoms with Gasteiger partial charge in [0.05, 0.1) is 6.33 Å². The van der Waals surface area contributed by atoms with Crippen LogP contribution in [0.25, 0.3) is 0 Å². The predicted octanol–water partition coefficient (Wildman–Crippen LogP) is -1.19. The van der Waals surface area contributed by atoms with Gasteiger partial charge in [-0.1, -0.05) is 0 Å². The number of nitrogens with zero attached hydrogens (tertiary/aromatic N) is 1. The van der Waals surface area contributed by atoms with Crippen molar-refractivity contribution in [1.29, 1.82) is 0 Å². The molecule has 0 bridgehead atoms. The van der Waals surface area contributed by atoms with Crippen LogP contribution in [0.4, 0.5) is 0 Å². The number of nitrogens with two attached hydrogens (primary N) is 1. The van der Waals surface area contributed by atoms with Crippen molar-refractivity contribution < 1.29 is 15.4 Å². The molecule has 0 aliphatic carbocycles. The molecule has 6 N–H and O–H groups in total. The number of imidazole rings is 1. The summed E-state index contributed by atoms with van der Waals surface area (Å²) in [6, 6.07) is 0. The largest absolute Gasteiger partial charge is 0.492 e. The van der Waals surface area contributed by atoms with Gasteiger partial charge in [-0.15, -0.1) is 12.4 Å². The van der Waals surface area contributed by atoms with Crippen molar-refractivity contribution in [3.05, 3.63) is 12.0 Å². The van der Waals surface area contributed by atoms with Crippen LogP contribution in [0.15, 0.2) is 6.33 Å². The van der Waals surface area contributed by atoms with Gasteiger partial charge < -0.3 is 21.3 Å². The van der Waals surface area contributed by atoms with Gasteiger partial charge in [-0.3, -0.25) is 4.79 Å². The molecule has 11 heavy (non-hydrogen) atoms. The Balaban J connectivity index is 0. The number of hydrogen-bond donors (Lipinski definition) is 3. The van der Waals surface area contributed by atoms with E-state index in [-0.39, 0.29) is 29.5 Å². The van der Waals surface area contributed by atoms with Crippen molar-refractivity contribution in [1.82, 2.24) is 9.97 Å². The first-order valence-corrected chi connectivity index (χ1v) is 2.24. The molecule has 1 aromatic rings. The van der Waals surface area contributed by atoms with E-state index in [0.29, 0.717) is 0 Å². The maximum absolute atomic E-state index is 10.3. The third-order valence-electron chi connectivity index (χ3n) is 0.866. The van der Waals surface area contributed by atoms with Crippen LogP contribution in [-0.4, -0.2) is 26.5 Å². The number of aromatic hydroxyl groups is 1. The van der Waals surface area contributed by atoms with E-state index in [2.05, 4.69) is 9.97 Å². The van der Waals surface area contributed by atoms with Gasteiger partial charge in [0.2, 0.25) is 5.88 Å². The number of aromatic amines is 1. The fraction of sp³-hybridized carbons (Fsp3) is 0. The second kappa shape index (κ2) is 4.53. The number of H-pyrrole nitrogens is 1. The minimum absolute atomic E-state index is 0. The van der Waals surface area contributed by atoms with Gasteiger partial charge in [-0.25, -0.2) is 4.98 Å². The molecule has 0 saturated heterocycles. The second-order valence-electron chi connectivity index (χ2n) is 1.47. The number of primary amides is 1. The van der Waals surface area contributed by atoms with Gasteiger partial charge in [0.25, 0.3) is 5.91 Å². The van der Waals surface area contributed by atoms with Gasteiger partial charge >= 0.3 is 0 Å². The first kappa shape index (κ1) is 12.4. The molecule has 1 amide bonds. The Labute approximate surface area is 68.2 Å². The molecular weight excluding hydrogens is 174 g/mol. The third-order valence-corrected chi connectivity index (χ3v) is 0.866. The molecule has 0 fully saturated rings. The third kappa shape index (κ3) is 2.44. The van der Waals surface area contributed by atoms with Gasteiger partial charge in [0, 0.05) is 0 Å². The van der Waals surface area contributed by atoms with Crippen LogP contribution in [0, 0.1) is 0 Å². The summed E-state index contributed by atoms with van der Waals surface area (Å²) in [5, 5.41) is 8.68. The van der Waals surface area contributed by atoms with E-state index in [1.54, 1.807) is 0 Å². The monoisotopic (exact) mass is 181 g/mol. The molecule has 1 rings (SSSR count). The molecule has 0 unspecified atom stereocenters. The minimum Gasteiger partial charge on any atom is -0.492 e. The van der Waals surface area contributed by atoms with Gasteiger partial charge in [0.15, 0.2) is 5.69 Å². The lowest BCUT2D eigenvalue weighted by Crippen LogP contribution is -2.11. The van der Waals surface area contributed by atoms with E-state index >= 15 is 0 Å². The fourth-order valence-electron chi connectivity index (χ4n) is 0.468. The highest BCUT2D eigenvalue weighted by Crippen LogP contribution is 2.06. The van der Waals surface area contributed by atoms with Crippen LogP contribution in [0.2, 0.25) is 0 Å². The molecule has 1 heterocycles. The Hall–Kier alpha value is -1.27. The number of nitrogens with one attached hydrogen (secondary N) is 1. The maximum Gasteiger partial charge on any atom is 0.270 e. The van der Waals surface area contributed by atoms with Crippen LogP contribution in [0.3, 0.4) is 0 Å². The van der Waals surface area contributed by atoms with Crippen molar-refractivity contribution in [3.63, 3.8) is 0 Å². The first-order chi connectivity index (χ1) is 4.22. The van der Waals surface area contributed by atoms with E-state index in [1.165, 1.54) is 6.33 Å². The summed E-state index contributed by atoms with van der Waals surface area (Å²) in [5.41, 5.74) is 4.73. The van der Waals surface area contributed by atoms with E-state index < -0.39 is 5.91 Å². The Morgan fingerprint density at radius 1 is 1.73 bits per heavy atom. The summed E-state index contributed by atoms with van der Waals surface area (Å²) in [7, 11) is 0. The van der Waals surface area contributed by atoms with E-state index in [0.717, 1.165) is 0 Å². The number of carbonyl (C=O) groups is 1. The van der Waals surface area contributed by atoms with E-state index in [9.17, 15) is 4.79 Å². The molecule has 7 heteroatoms. The highest BCUT2D eigenvalue weighted by Gasteiger charge is 2.07. The molecule has 1 aromatic heterocycles. The average molecular weight is 182 g/mol. The van der Waals surface area contributed by atoms with E-state index in [4.69, 9.17) is 10.8 Å². The number of halogens is 1. The van der Waals surface area contributed by atoms with Crippen LogP contribution >= 0.6 is 12.4 Å². The molecule has 0 aliphatic rings. The molecule has 6 nitrogen and oxygen atoms in total. The van der Waals surface area contributed by atoms with Crippen molar-refractivity contribution in [3.8, 4) is 5.88 Å². The van der Waals surface area contributed by atoms with Crippen LogP contribution in [-0.2, 0) is 0 Å². The van der Waals surface area contributed by atoms with Gasteiger partial charge in [-0.2, -0.15) is 0 Å². The molecule has 64 valence electrons. The summed E-state index contributed by atoms with van der Waals surface area (Å²) in [5.74, 6) is -1.08. The zero-order valence-electron chi connectivity index (χ0n) is 5.37. The number of aromatic nitrogens is 2. The molecule has 0 aliphatic heterocycles. The first-order valence-electron chi connectivity index (χ1n) is 2.24. The van der Waals surface area contributed by atoms with Crippen LogP contribution < -0.4 is 5.73 Å². The highest BCUT2D eigenvalue weighted by molar-refractivity contribution is 5.92. The Morgan fingerprint density at radius 2 is 2.27 bits per heavy atom. The fourth-order valence-corrected chi connectivity index (χ4v) is 0.468. The Morgan fingerprint density at radius 3 is 2.45 bits per heavy atom. The molecular formula is C4H8ClN3O3. The smallest absolute Gasteiger partial charge is 0.270 e. The van der Waals surface area contributed by atoms with Crippen LogP contribution in [0.5, 0.6) is 5.88 Å². The zero-order valence-corrected chi connectivity index (χ0v) is 6.18. The number of rotatable bonds is 1. The number of carbonyl (C=O) groups excluding carboxylic acids is 1. The summed E-state index contributed by atoms with van der Waals surface area (Å²) in [6.45, 7) is 0. The van der Waals surface area contributed by atoms with Gasteiger partial charge in [-0.05, 0) is 0 Å². The molecule has 0 saturated carbocycles. The van der Waals surface area contributed by atoms with Crippen molar-refractivity contribution >= 4 is 18.3 Å². The normalized spacial score (nSPS) is 7.64. The van der Waals surface area contributed by atoms with Crippen molar-refractivity contribution in [2.45, 2.75) is 0 Å². The standard InChI is InChI=1S/C4H5N3O2.ClH.H2O/c5-3(8)2-4(9)7-1-6-2;;/h1,9H,(H2,5,8)(H,6,7);1H;1H2. The number of amides is 1. The highest BCUT2D eigenvalue weighted by atomic mass is 35.5. The molecule has 0 aromatic carbocycles. The minimum atomic E-state index is -0.718. The van der Waals surface area contributed by atoms with E-state index in [1.807, 2.05) is 0 Å². The summed E-state index contributed by atoms with van der Waals surface area (Å²) in [4.78, 5) is 16.0. The van der Waals surface area contributed by atoms with Crippen molar-refractivity contribution in [2.24, 2.45) is 5.73 Å². The average Bonchev–Trinajstić information content (AvgIpc) is 2.13. The van der Waals surface area contributed by atoms with Gasteiger partial charge in [0.1, 0.15) is 0 Å². The zero-order chi connectivity index (χ0) is 6.85. The second-order valence-corrected chi connectivity index (χ2v) is 1.47. The quantitative estimate of drug-likeness (QED) is 0.505.